The standard InChI is InChI=1S/C20H25N5O2/c1-14(19(26)21-9-12-24-10-5-6-11-24)25-17-8-4-3-7-15(17)16-13-22-23(2)20(27)18(16)25/h3-4,7-8,13-14H,5-6,9-12H2,1-2H3,(H,21,26)/t14-/m1/s1. The van der Waals surface area contributed by atoms with Gasteiger partial charge in [0.2, 0.25) is 5.91 Å². The fourth-order valence-corrected chi connectivity index (χ4v) is 4.00. The number of amides is 1. The van der Waals surface area contributed by atoms with E-state index >= 15 is 0 Å². The van der Waals surface area contributed by atoms with Crippen LogP contribution in [-0.2, 0) is 11.8 Å². The molecule has 0 bridgehead atoms. The Kier molecular flexibility index (Phi) is 4.70. The van der Waals surface area contributed by atoms with E-state index < -0.39 is 6.04 Å². The maximum atomic E-state index is 12.8. The maximum absolute atomic E-state index is 12.8. The number of carbonyl (C=O) groups excluding carboxylic acids is 1. The van der Waals surface area contributed by atoms with Crippen LogP contribution in [0.1, 0.15) is 25.8 Å². The van der Waals surface area contributed by atoms with Crippen molar-refractivity contribution in [3.05, 3.63) is 40.8 Å². The number of aryl methyl sites for hydroxylation is 1. The van der Waals surface area contributed by atoms with Crippen molar-refractivity contribution in [1.29, 1.82) is 0 Å². The number of carbonyl (C=O) groups is 1. The second-order valence-corrected chi connectivity index (χ2v) is 7.24. The van der Waals surface area contributed by atoms with E-state index in [1.807, 2.05) is 35.8 Å². The molecule has 7 nitrogen and oxygen atoms in total. The van der Waals surface area contributed by atoms with Gasteiger partial charge >= 0.3 is 0 Å². The molecule has 1 atom stereocenters. The van der Waals surface area contributed by atoms with Gasteiger partial charge in [-0.15, -0.1) is 0 Å². The molecule has 0 spiro atoms. The highest BCUT2D eigenvalue weighted by molar-refractivity contribution is 6.08. The first-order chi connectivity index (χ1) is 13.1. The van der Waals surface area contributed by atoms with Gasteiger partial charge in [0.25, 0.3) is 5.56 Å². The minimum Gasteiger partial charge on any atom is -0.353 e. The molecule has 1 N–H and O–H groups in total. The minimum absolute atomic E-state index is 0.0734. The Morgan fingerprint density at radius 2 is 1.96 bits per heavy atom. The molecule has 1 aliphatic heterocycles. The van der Waals surface area contributed by atoms with Gasteiger partial charge in [-0.3, -0.25) is 9.59 Å². The summed E-state index contributed by atoms with van der Waals surface area (Å²) >= 11 is 0. The summed E-state index contributed by atoms with van der Waals surface area (Å²) in [5, 5.41) is 8.91. The topological polar surface area (TPSA) is 72.2 Å². The molecule has 4 rings (SSSR count). The monoisotopic (exact) mass is 367 g/mol. The van der Waals surface area contributed by atoms with E-state index in [1.165, 1.54) is 17.5 Å². The van der Waals surface area contributed by atoms with Crippen molar-refractivity contribution in [1.82, 2.24) is 24.6 Å². The van der Waals surface area contributed by atoms with Crippen LogP contribution in [0, 0.1) is 0 Å². The van der Waals surface area contributed by atoms with Crippen LogP contribution in [0.3, 0.4) is 0 Å². The van der Waals surface area contributed by atoms with Gasteiger partial charge in [-0.05, 0) is 38.9 Å². The quantitative estimate of drug-likeness (QED) is 0.744. The molecule has 3 heterocycles. The van der Waals surface area contributed by atoms with Gasteiger partial charge in [-0.25, -0.2) is 4.68 Å². The molecule has 1 aromatic carbocycles. The molecule has 142 valence electrons. The van der Waals surface area contributed by atoms with Crippen molar-refractivity contribution >= 4 is 27.7 Å². The molecule has 0 radical (unpaired) electrons. The predicted octanol–water partition coefficient (Wildman–Crippen LogP) is 1.66. The molecule has 2 aromatic heterocycles. The number of hydrogen-bond acceptors (Lipinski definition) is 4. The third-order valence-corrected chi connectivity index (χ3v) is 5.50. The zero-order chi connectivity index (χ0) is 19.0. The molecule has 1 aliphatic rings. The van der Waals surface area contributed by atoms with Gasteiger partial charge in [-0.1, -0.05) is 18.2 Å². The Morgan fingerprint density at radius 1 is 1.22 bits per heavy atom. The van der Waals surface area contributed by atoms with Crippen molar-refractivity contribution in [3.63, 3.8) is 0 Å². The maximum Gasteiger partial charge on any atom is 0.291 e. The Labute approximate surface area is 157 Å². The number of likely N-dealkylation sites (tertiary alicyclic amines) is 1. The molecule has 7 heteroatoms. The molecule has 1 fully saturated rings. The first-order valence-corrected chi connectivity index (χ1v) is 9.53. The molecule has 0 saturated carbocycles. The predicted molar refractivity (Wildman–Crippen MR) is 106 cm³/mol. The van der Waals surface area contributed by atoms with Crippen LogP contribution in [0.5, 0.6) is 0 Å². The molecular formula is C20H25N5O2. The summed E-state index contributed by atoms with van der Waals surface area (Å²) in [5.41, 5.74) is 1.20. The SMILES string of the molecule is C[C@H](C(=O)NCCN1CCCC1)n1c2ccccc2c2cnn(C)c(=O)c21. The lowest BCUT2D eigenvalue weighted by molar-refractivity contribution is -0.123. The summed E-state index contributed by atoms with van der Waals surface area (Å²) in [5.74, 6) is -0.0734. The Balaban J connectivity index is 1.67. The number of para-hydroxylation sites is 1. The second-order valence-electron chi connectivity index (χ2n) is 7.24. The van der Waals surface area contributed by atoms with Crippen molar-refractivity contribution in [2.75, 3.05) is 26.2 Å². The lowest BCUT2D eigenvalue weighted by atomic mass is 10.2. The van der Waals surface area contributed by atoms with E-state index in [0.29, 0.717) is 12.1 Å². The summed E-state index contributed by atoms with van der Waals surface area (Å²) in [4.78, 5) is 28.0. The second kappa shape index (κ2) is 7.15. The van der Waals surface area contributed by atoms with Gasteiger partial charge in [0, 0.05) is 30.9 Å². The summed E-state index contributed by atoms with van der Waals surface area (Å²) < 4.78 is 3.16. The van der Waals surface area contributed by atoms with Crippen molar-refractivity contribution < 1.29 is 4.79 Å². The van der Waals surface area contributed by atoms with Gasteiger partial charge < -0.3 is 14.8 Å². The van der Waals surface area contributed by atoms with Crippen LogP contribution >= 0.6 is 0 Å². The van der Waals surface area contributed by atoms with E-state index in [0.717, 1.165) is 35.9 Å². The van der Waals surface area contributed by atoms with E-state index in [4.69, 9.17) is 0 Å². The van der Waals surface area contributed by atoms with Crippen LogP contribution in [-0.4, -0.2) is 51.3 Å². The van der Waals surface area contributed by atoms with E-state index in [-0.39, 0.29) is 11.5 Å². The van der Waals surface area contributed by atoms with Crippen molar-refractivity contribution in [3.8, 4) is 0 Å². The molecular weight excluding hydrogens is 342 g/mol. The number of fused-ring (bicyclic) bond motifs is 3. The normalized spacial score (nSPS) is 16.2. The average molecular weight is 367 g/mol. The van der Waals surface area contributed by atoms with Gasteiger partial charge in [0.15, 0.2) is 0 Å². The number of nitrogens with zero attached hydrogens (tertiary/aromatic N) is 4. The van der Waals surface area contributed by atoms with Crippen LogP contribution in [0.25, 0.3) is 21.8 Å². The van der Waals surface area contributed by atoms with E-state index in [9.17, 15) is 9.59 Å². The highest BCUT2D eigenvalue weighted by Crippen LogP contribution is 2.29. The number of hydrogen-bond donors (Lipinski definition) is 1. The molecule has 1 amide bonds. The smallest absolute Gasteiger partial charge is 0.291 e. The summed E-state index contributed by atoms with van der Waals surface area (Å²) in [6, 6.07) is 7.29. The van der Waals surface area contributed by atoms with Crippen molar-refractivity contribution in [2.45, 2.75) is 25.8 Å². The average Bonchev–Trinajstić information content (AvgIpc) is 3.30. The molecule has 1 saturated heterocycles. The Bertz CT molecular complexity index is 1050. The number of aromatic nitrogens is 3. The van der Waals surface area contributed by atoms with Crippen LogP contribution in [0.15, 0.2) is 35.3 Å². The first kappa shape index (κ1) is 17.7. The van der Waals surface area contributed by atoms with Gasteiger partial charge in [-0.2, -0.15) is 5.10 Å². The Morgan fingerprint density at radius 3 is 2.74 bits per heavy atom. The number of rotatable bonds is 5. The zero-order valence-electron chi connectivity index (χ0n) is 15.8. The fourth-order valence-electron chi connectivity index (χ4n) is 4.00. The summed E-state index contributed by atoms with van der Waals surface area (Å²) in [6.07, 6.45) is 4.18. The third kappa shape index (κ3) is 3.12. The first-order valence-electron chi connectivity index (χ1n) is 9.53. The summed E-state index contributed by atoms with van der Waals surface area (Å²) in [7, 11) is 1.63. The lowest BCUT2D eigenvalue weighted by Gasteiger charge is -2.19. The molecule has 3 aromatic rings. The molecule has 0 aliphatic carbocycles. The van der Waals surface area contributed by atoms with E-state index in [2.05, 4.69) is 15.3 Å². The van der Waals surface area contributed by atoms with Crippen molar-refractivity contribution in [2.24, 2.45) is 7.05 Å². The molecule has 0 unspecified atom stereocenters. The minimum atomic E-state index is -0.485. The summed E-state index contributed by atoms with van der Waals surface area (Å²) in [6.45, 7) is 5.57. The zero-order valence-corrected chi connectivity index (χ0v) is 15.8. The van der Waals surface area contributed by atoms with Gasteiger partial charge in [0.05, 0.1) is 11.7 Å². The van der Waals surface area contributed by atoms with Crippen LogP contribution < -0.4 is 10.9 Å². The largest absolute Gasteiger partial charge is 0.353 e. The third-order valence-electron chi connectivity index (χ3n) is 5.50. The van der Waals surface area contributed by atoms with E-state index in [1.54, 1.807) is 13.2 Å². The number of benzene rings is 1. The molecule has 27 heavy (non-hydrogen) atoms. The van der Waals surface area contributed by atoms with Gasteiger partial charge in [0.1, 0.15) is 11.6 Å². The number of nitrogens with one attached hydrogen (secondary N) is 1. The lowest BCUT2D eigenvalue weighted by Crippen LogP contribution is -2.37. The Hall–Kier alpha value is -2.67. The fraction of sp³-hybridized carbons (Fsp3) is 0.450. The van der Waals surface area contributed by atoms with Crippen LogP contribution in [0.4, 0.5) is 0 Å². The highest BCUT2D eigenvalue weighted by atomic mass is 16.2. The highest BCUT2D eigenvalue weighted by Gasteiger charge is 2.23. The van der Waals surface area contributed by atoms with Crippen LogP contribution in [0.2, 0.25) is 0 Å².